The second-order valence-electron chi connectivity index (χ2n) is 4.22. The fourth-order valence-corrected chi connectivity index (χ4v) is 2.06. The van der Waals surface area contributed by atoms with Crippen LogP contribution >= 0.6 is 11.6 Å². The Morgan fingerprint density at radius 1 is 1.25 bits per heavy atom. The average molecular weight is 300 g/mol. The Kier molecular flexibility index (Phi) is 5.51. The van der Waals surface area contributed by atoms with Gasteiger partial charge in [0.2, 0.25) is 5.28 Å². The van der Waals surface area contributed by atoms with E-state index >= 15 is 0 Å². The lowest BCUT2D eigenvalue weighted by molar-refractivity contribution is 0.190. The molecule has 1 N–H and O–H groups in total. The minimum absolute atomic E-state index is 0.180. The first kappa shape index (κ1) is 15.0. The SMILES string of the molecule is COCCCn1cnc2nc(Cl)nc(NCCOC)c21. The summed E-state index contributed by atoms with van der Waals surface area (Å²) in [7, 11) is 3.34. The monoisotopic (exact) mass is 299 g/mol. The van der Waals surface area contributed by atoms with Crippen LogP contribution in [0.15, 0.2) is 6.33 Å². The molecule has 0 aliphatic heterocycles. The van der Waals surface area contributed by atoms with Crippen molar-refractivity contribution in [3.63, 3.8) is 0 Å². The molecule has 8 heteroatoms. The molecule has 0 fully saturated rings. The number of nitrogens with zero attached hydrogens (tertiary/aromatic N) is 4. The van der Waals surface area contributed by atoms with Gasteiger partial charge in [0.25, 0.3) is 0 Å². The minimum atomic E-state index is 0.180. The van der Waals surface area contributed by atoms with Crippen molar-refractivity contribution < 1.29 is 9.47 Å². The van der Waals surface area contributed by atoms with Crippen LogP contribution < -0.4 is 5.32 Å². The first-order valence-electron chi connectivity index (χ1n) is 6.36. The number of anilines is 1. The van der Waals surface area contributed by atoms with Gasteiger partial charge in [-0.25, -0.2) is 4.98 Å². The smallest absolute Gasteiger partial charge is 0.226 e. The lowest BCUT2D eigenvalue weighted by atomic mass is 10.4. The van der Waals surface area contributed by atoms with Crippen molar-refractivity contribution in [1.82, 2.24) is 19.5 Å². The van der Waals surface area contributed by atoms with E-state index in [0.717, 1.165) is 18.5 Å². The molecule has 0 aromatic carbocycles. The Balaban J connectivity index is 2.25. The molecule has 2 aromatic heterocycles. The van der Waals surface area contributed by atoms with Crippen molar-refractivity contribution in [3.05, 3.63) is 11.6 Å². The van der Waals surface area contributed by atoms with E-state index in [1.54, 1.807) is 20.5 Å². The van der Waals surface area contributed by atoms with E-state index in [4.69, 9.17) is 21.1 Å². The highest BCUT2D eigenvalue weighted by Crippen LogP contribution is 2.21. The molecular weight excluding hydrogens is 282 g/mol. The van der Waals surface area contributed by atoms with Gasteiger partial charge in [0.05, 0.1) is 12.9 Å². The summed E-state index contributed by atoms with van der Waals surface area (Å²) in [5.41, 5.74) is 1.43. The highest BCUT2D eigenvalue weighted by molar-refractivity contribution is 6.28. The van der Waals surface area contributed by atoms with Gasteiger partial charge in [0.15, 0.2) is 11.5 Å². The van der Waals surface area contributed by atoms with Crippen molar-refractivity contribution >= 4 is 28.6 Å². The topological polar surface area (TPSA) is 74.1 Å². The molecule has 0 aliphatic carbocycles. The van der Waals surface area contributed by atoms with E-state index in [1.165, 1.54) is 0 Å². The summed E-state index contributed by atoms with van der Waals surface area (Å²) >= 11 is 5.91. The molecule has 0 bridgehead atoms. The van der Waals surface area contributed by atoms with Gasteiger partial charge in [0, 0.05) is 33.9 Å². The fourth-order valence-electron chi connectivity index (χ4n) is 1.90. The number of ether oxygens (including phenoxy) is 2. The van der Waals surface area contributed by atoms with Gasteiger partial charge in [-0.2, -0.15) is 9.97 Å². The van der Waals surface area contributed by atoms with Crippen LogP contribution in [0, 0.1) is 0 Å². The standard InChI is InChI=1S/C12H18ClN5O2/c1-19-6-3-5-18-8-15-11-9(18)10(14-4-7-20-2)16-12(13)17-11/h8H,3-7H2,1-2H3,(H,14,16,17). The third-order valence-corrected chi connectivity index (χ3v) is 2.96. The lowest BCUT2D eigenvalue weighted by Gasteiger charge is -2.09. The predicted molar refractivity (Wildman–Crippen MR) is 77.2 cm³/mol. The van der Waals surface area contributed by atoms with Crippen LogP contribution in [0.25, 0.3) is 11.2 Å². The third kappa shape index (κ3) is 3.56. The van der Waals surface area contributed by atoms with Crippen molar-refractivity contribution in [2.45, 2.75) is 13.0 Å². The molecule has 2 aromatic rings. The molecule has 110 valence electrons. The molecule has 0 unspecified atom stereocenters. The molecule has 2 rings (SSSR count). The number of aryl methyl sites for hydroxylation is 1. The molecular formula is C12H18ClN5O2. The highest BCUT2D eigenvalue weighted by Gasteiger charge is 2.12. The Bertz CT molecular complexity index is 560. The number of methoxy groups -OCH3 is 2. The van der Waals surface area contributed by atoms with Crippen molar-refractivity contribution in [2.75, 3.05) is 39.3 Å². The molecule has 0 saturated carbocycles. The number of hydrogen-bond acceptors (Lipinski definition) is 6. The van der Waals surface area contributed by atoms with E-state index in [2.05, 4.69) is 20.3 Å². The Hall–Kier alpha value is -1.44. The number of hydrogen-bond donors (Lipinski definition) is 1. The number of aromatic nitrogens is 4. The maximum atomic E-state index is 5.91. The number of rotatable bonds is 8. The predicted octanol–water partition coefficient (Wildman–Crippen LogP) is 1.57. The highest BCUT2D eigenvalue weighted by atomic mass is 35.5. The van der Waals surface area contributed by atoms with Gasteiger partial charge >= 0.3 is 0 Å². The van der Waals surface area contributed by atoms with E-state index in [-0.39, 0.29) is 5.28 Å². The van der Waals surface area contributed by atoms with Gasteiger partial charge < -0.3 is 19.4 Å². The molecule has 0 aliphatic rings. The number of halogens is 1. The summed E-state index contributed by atoms with van der Waals surface area (Å²) < 4.78 is 12.1. The van der Waals surface area contributed by atoms with E-state index < -0.39 is 0 Å². The summed E-state index contributed by atoms with van der Waals surface area (Å²) in [6.07, 6.45) is 2.63. The second kappa shape index (κ2) is 7.37. The van der Waals surface area contributed by atoms with Crippen LogP contribution in [0.4, 0.5) is 5.82 Å². The average Bonchev–Trinajstić information content (AvgIpc) is 2.82. The van der Waals surface area contributed by atoms with Crippen LogP contribution in [0.5, 0.6) is 0 Å². The largest absolute Gasteiger partial charge is 0.385 e. The summed E-state index contributed by atoms with van der Waals surface area (Å²) in [6.45, 7) is 2.71. The van der Waals surface area contributed by atoms with Gasteiger partial charge in [-0.05, 0) is 18.0 Å². The summed E-state index contributed by atoms with van der Waals surface area (Å²) in [5, 5.41) is 3.37. The first-order chi connectivity index (χ1) is 9.76. The van der Waals surface area contributed by atoms with Gasteiger partial charge in [-0.3, -0.25) is 0 Å². The summed E-state index contributed by atoms with van der Waals surface area (Å²) in [5.74, 6) is 0.673. The van der Waals surface area contributed by atoms with Crippen molar-refractivity contribution in [1.29, 1.82) is 0 Å². The molecule has 0 amide bonds. The number of imidazole rings is 1. The minimum Gasteiger partial charge on any atom is -0.385 e. The van der Waals surface area contributed by atoms with Crippen LogP contribution in [0.3, 0.4) is 0 Å². The number of nitrogens with one attached hydrogen (secondary N) is 1. The van der Waals surface area contributed by atoms with Crippen LogP contribution in [-0.4, -0.2) is 53.5 Å². The Morgan fingerprint density at radius 2 is 2.05 bits per heavy atom. The van der Waals surface area contributed by atoms with E-state index in [9.17, 15) is 0 Å². The molecule has 0 saturated heterocycles. The molecule has 0 radical (unpaired) electrons. The summed E-state index contributed by atoms with van der Waals surface area (Å²) in [6, 6.07) is 0. The quantitative estimate of drug-likeness (QED) is 0.589. The molecule has 20 heavy (non-hydrogen) atoms. The zero-order valence-corrected chi connectivity index (χ0v) is 12.4. The zero-order chi connectivity index (χ0) is 14.4. The molecule has 7 nitrogen and oxygen atoms in total. The maximum absolute atomic E-state index is 5.91. The van der Waals surface area contributed by atoms with Gasteiger partial charge in [-0.1, -0.05) is 0 Å². The third-order valence-electron chi connectivity index (χ3n) is 2.79. The summed E-state index contributed by atoms with van der Waals surface area (Å²) in [4.78, 5) is 12.6. The fraction of sp³-hybridized carbons (Fsp3) is 0.583. The second-order valence-corrected chi connectivity index (χ2v) is 4.56. The van der Waals surface area contributed by atoms with Gasteiger partial charge in [-0.15, -0.1) is 0 Å². The Labute approximate surface area is 122 Å². The van der Waals surface area contributed by atoms with Gasteiger partial charge in [0.1, 0.15) is 5.52 Å². The van der Waals surface area contributed by atoms with Crippen LogP contribution in [0.2, 0.25) is 5.28 Å². The van der Waals surface area contributed by atoms with E-state index in [0.29, 0.717) is 31.2 Å². The molecule has 0 spiro atoms. The normalized spacial score (nSPS) is 11.2. The molecule has 0 atom stereocenters. The van der Waals surface area contributed by atoms with Crippen LogP contribution in [-0.2, 0) is 16.0 Å². The number of fused-ring (bicyclic) bond motifs is 1. The van der Waals surface area contributed by atoms with Crippen molar-refractivity contribution in [3.8, 4) is 0 Å². The lowest BCUT2D eigenvalue weighted by Crippen LogP contribution is -2.11. The Morgan fingerprint density at radius 3 is 2.80 bits per heavy atom. The van der Waals surface area contributed by atoms with Crippen molar-refractivity contribution in [2.24, 2.45) is 0 Å². The first-order valence-corrected chi connectivity index (χ1v) is 6.74. The van der Waals surface area contributed by atoms with E-state index in [1.807, 2.05) is 4.57 Å². The molecule has 2 heterocycles. The zero-order valence-electron chi connectivity index (χ0n) is 11.6. The van der Waals surface area contributed by atoms with Crippen LogP contribution in [0.1, 0.15) is 6.42 Å². The maximum Gasteiger partial charge on any atom is 0.226 e.